The zero-order valence-electron chi connectivity index (χ0n) is 15.2. The van der Waals surface area contributed by atoms with Gasteiger partial charge in [-0.2, -0.15) is 0 Å². The molecule has 1 amide bonds. The lowest BCUT2D eigenvalue weighted by Gasteiger charge is -2.17. The molecule has 0 aliphatic rings. The minimum atomic E-state index is -0.417. The summed E-state index contributed by atoms with van der Waals surface area (Å²) in [5, 5.41) is 10.3. The van der Waals surface area contributed by atoms with Crippen molar-refractivity contribution in [3.05, 3.63) is 65.7 Å². The summed E-state index contributed by atoms with van der Waals surface area (Å²) in [7, 11) is 0. The Bertz CT molecular complexity index is 796. The van der Waals surface area contributed by atoms with Crippen LogP contribution in [0.15, 0.2) is 54.6 Å². The fourth-order valence-corrected chi connectivity index (χ4v) is 2.45. The van der Waals surface area contributed by atoms with E-state index in [9.17, 15) is 14.8 Å². The van der Waals surface area contributed by atoms with E-state index in [1.807, 2.05) is 42.5 Å². The van der Waals surface area contributed by atoms with Crippen molar-refractivity contribution < 1.29 is 19.5 Å². The van der Waals surface area contributed by atoms with Gasteiger partial charge in [-0.05, 0) is 48.7 Å². The number of carbonyl (C=O) groups is 2. The van der Waals surface area contributed by atoms with Crippen LogP contribution in [0.5, 0.6) is 0 Å². The first kappa shape index (κ1) is 19.4. The topological polar surface area (TPSA) is 66.8 Å². The quantitative estimate of drug-likeness (QED) is 0.481. The molecule has 0 fully saturated rings. The summed E-state index contributed by atoms with van der Waals surface area (Å²) in [4.78, 5) is 22.9. The number of esters is 1. The van der Waals surface area contributed by atoms with Gasteiger partial charge in [0.25, 0.3) is 0 Å². The van der Waals surface area contributed by atoms with Gasteiger partial charge in [0, 0.05) is 6.92 Å². The van der Waals surface area contributed by atoms with E-state index < -0.39 is 11.9 Å². The third kappa shape index (κ3) is 5.04. The van der Waals surface area contributed by atoms with Gasteiger partial charge in [0.2, 0.25) is 5.91 Å². The van der Waals surface area contributed by atoms with Gasteiger partial charge in [-0.25, -0.2) is 9.86 Å². The second-order valence-electron chi connectivity index (χ2n) is 5.89. The zero-order valence-corrected chi connectivity index (χ0v) is 15.2. The molecule has 5 heteroatoms. The predicted molar refractivity (Wildman–Crippen MR) is 101 cm³/mol. The molecule has 0 spiro atoms. The summed E-state index contributed by atoms with van der Waals surface area (Å²) in [5.41, 5.74) is 3.45. The fourth-order valence-electron chi connectivity index (χ4n) is 2.45. The van der Waals surface area contributed by atoms with Crippen molar-refractivity contribution in [1.82, 2.24) is 5.06 Å². The second kappa shape index (κ2) is 8.97. The van der Waals surface area contributed by atoms with Crippen molar-refractivity contribution in [3.63, 3.8) is 0 Å². The Morgan fingerprint density at radius 3 is 2.46 bits per heavy atom. The zero-order chi connectivity index (χ0) is 19.1. The maximum absolute atomic E-state index is 11.7. The molecule has 1 atom stereocenters. The van der Waals surface area contributed by atoms with Crippen LogP contribution >= 0.6 is 0 Å². The molecule has 136 valence electrons. The van der Waals surface area contributed by atoms with Crippen LogP contribution in [0.4, 0.5) is 0 Å². The van der Waals surface area contributed by atoms with E-state index in [1.54, 1.807) is 32.1 Å². The molecule has 2 rings (SSSR count). The van der Waals surface area contributed by atoms with Crippen molar-refractivity contribution in [2.75, 3.05) is 6.61 Å². The van der Waals surface area contributed by atoms with Gasteiger partial charge in [0.05, 0.1) is 18.2 Å². The molecule has 2 aromatic rings. The lowest BCUT2D eigenvalue weighted by molar-refractivity contribution is -0.167. The first-order chi connectivity index (χ1) is 12.4. The molecule has 2 aromatic carbocycles. The highest BCUT2D eigenvalue weighted by molar-refractivity contribution is 5.90. The number of amides is 1. The molecular formula is C21H23NO4. The highest BCUT2D eigenvalue weighted by atomic mass is 16.5. The van der Waals surface area contributed by atoms with Crippen LogP contribution in [-0.2, 0) is 9.53 Å². The molecule has 0 aliphatic heterocycles. The average molecular weight is 353 g/mol. The molecule has 0 radical (unpaired) electrons. The smallest absolute Gasteiger partial charge is 0.338 e. The van der Waals surface area contributed by atoms with Crippen LogP contribution in [0.3, 0.4) is 0 Å². The van der Waals surface area contributed by atoms with Crippen LogP contribution in [-0.4, -0.2) is 34.8 Å². The summed E-state index contributed by atoms with van der Waals surface area (Å²) < 4.78 is 4.99. The first-order valence-electron chi connectivity index (χ1n) is 8.47. The van der Waals surface area contributed by atoms with Gasteiger partial charge in [-0.1, -0.05) is 42.5 Å². The van der Waals surface area contributed by atoms with Crippen LogP contribution < -0.4 is 0 Å². The number of ether oxygens (including phenoxy) is 1. The second-order valence-corrected chi connectivity index (χ2v) is 5.89. The molecular weight excluding hydrogens is 330 g/mol. The van der Waals surface area contributed by atoms with Crippen LogP contribution in [0, 0.1) is 0 Å². The van der Waals surface area contributed by atoms with Crippen molar-refractivity contribution in [2.24, 2.45) is 0 Å². The third-order valence-corrected chi connectivity index (χ3v) is 3.89. The Morgan fingerprint density at radius 2 is 1.85 bits per heavy atom. The van der Waals surface area contributed by atoms with Crippen LogP contribution in [0.2, 0.25) is 0 Å². The van der Waals surface area contributed by atoms with E-state index in [2.05, 4.69) is 0 Å². The Labute approximate surface area is 153 Å². The van der Waals surface area contributed by atoms with Crippen molar-refractivity contribution in [2.45, 2.75) is 26.8 Å². The van der Waals surface area contributed by atoms with E-state index in [-0.39, 0.29) is 5.97 Å². The summed E-state index contributed by atoms with van der Waals surface area (Å²) in [5.74, 6) is -0.735. The van der Waals surface area contributed by atoms with Gasteiger partial charge in [-0.3, -0.25) is 10.0 Å². The van der Waals surface area contributed by atoms with Crippen molar-refractivity contribution in [1.29, 1.82) is 0 Å². The molecule has 26 heavy (non-hydrogen) atoms. The van der Waals surface area contributed by atoms with E-state index in [0.717, 1.165) is 16.7 Å². The molecule has 0 bridgehead atoms. The van der Waals surface area contributed by atoms with E-state index in [0.29, 0.717) is 17.2 Å². The van der Waals surface area contributed by atoms with Crippen molar-refractivity contribution >= 4 is 18.0 Å². The lowest BCUT2D eigenvalue weighted by atomic mass is 10.0. The summed E-state index contributed by atoms with van der Waals surface area (Å²) >= 11 is 0. The Kier molecular flexibility index (Phi) is 6.69. The molecule has 0 saturated heterocycles. The fraction of sp³-hybridized carbons (Fsp3) is 0.238. The SMILES string of the molecule is CCOC(=O)c1ccc(-c2cccc(C=C[C@H](C)N(O)C(C)=O)c2)cc1. The Hall–Kier alpha value is -2.92. The maximum atomic E-state index is 11.7. The third-order valence-electron chi connectivity index (χ3n) is 3.89. The number of rotatable bonds is 6. The van der Waals surface area contributed by atoms with E-state index in [4.69, 9.17) is 4.74 Å². The first-order valence-corrected chi connectivity index (χ1v) is 8.47. The Morgan fingerprint density at radius 1 is 1.15 bits per heavy atom. The molecule has 0 heterocycles. The highest BCUT2D eigenvalue weighted by Crippen LogP contribution is 2.22. The molecule has 0 unspecified atom stereocenters. The number of carbonyl (C=O) groups excluding carboxylic acids is 2. The predicted octanol–water partition coefficient (Wildman–Crippen LogP) is 4.17. The largest absolute Gasteiger partial charge is 0.462 e. The molecule has 0 saturated carbocycles. The van der Waals surface area contributed by atoms with Gasteiger partial charge < -0.3 is 4.74 Å². The minimum Gasteiger partial charge on any atom is -0.462 e. The van der Waals surface area contributed by atoms with Crippen molar-refractivity contribution in [3.8, 4) is 11.1 Å². The van der Waals surface area contributed by atoms with Gasteiger partial charge in [-0.15, -0.1) is 0 Å². The molecule has 0 aromatic heterocycles. The number of hydrogen-bond acceptors (Lipinski definition) is 4. The van der Waals surface area contributed by atoms with Gasteiger partial charge >= 0.3 is 5.97 Å². The average Bonchev–Trinajstić information content (AvgIpc) is 2.66. The molecule has 0 aliphatic carbocycles. The lowest BCUT2D eigenvalue weighted by Crippen LogP contribution is -2.32. The standard InChI is InChI=1S/C21H23NO4/c1-4-26-21(24)19-12-10-18(11-13-19)20-7-5-6-17(14-20)9-8-15(2)22(25)16(3)23/h5-15,25H,4H2,1-3H3/t15-/m0/s1. The summed E-state index contributed by atoms with van der Waals surface area (Å²) in [6, 6.07) is 14.7. The van der Waals surface area contributed by atoms with Crippen LogP contribution in [0.25, 0.3) is 17.2 Å². The van der Waals surface area contributed by atoms with Gasteiger partial charge in [0.15, 0.2) is 0 Å². The summed E-state index contributed by atoms with van der Waals surface area (Å²) in [6.45, 7) is 5.17. The maximum Gasteiger partial charge on any atom is 0.338 e. The normalized spacial score (nSPS) is 12.0. The molecule has 5 nitrogen and oxygen atoms in total. The summed E-state index contributed by atoms with van der Waals surface area (Å²) in [6.07, 6.45) is 3.61. The van der Waals surface area contributed by atoms with E-state index in [1.165, 1.54) is 6.92 Å². The van der Waals surface area contributed by atoms with Gasteiger partial charge in [0.1, 0.15) is 0 Å². The number of hydrogen-bond donors (Lipinski definition) is 1. The number of hydroxylamine groups is 2. The Balaban J connectivity index is 2.16. The monoisotopic (exact) mass is 353 g/mol. The highest BCUT2D eigenvalue weighted by Gasteiger charge is 2.10. The number of benzene rings is 2. The minimum absolute atomic E-state index is 0.330. The molecule has 1 N–H and O–H groups in total. The van der Waals surface area contributed by atoms with E-state index >= 15 is 0 Å². The van der Waals surface area contributed by atoms with Crippen LogP contribution in [0.1, 0.15) is 36.7 Å². The number of nitrogens with zero attached hydrogens (tertiary/aromatic N) is 1.